The van der Waals surface area contributed by atoms with E-state index in [2.05, 4.69) is 10.6 Å². The molecule has 132 valence electrons. The third kappa shape index (κ3) is 7.82. The second-order valence-corrected chi connectivity index (χ2v) is 5.62. The molecule has 1 atom stereocenters. The van der Waals surface area contributed by atoms with Crippen LogP contribution < -0.4 is 16.4 Å². The standard InChI is InChI=1S/C16H22ClN3O4/c1-2-3-8-19-14(21)10-24-15(22)9-13(20-16(18)23)11-4-6-12(17)7-5-11/h4-7,13H,2-3,8-10H2,1H3,(H,19,21)(H3,18,20,23)/t13-/m0/s1. The maximum Gasteiger partial charge on any atom is 0.312 e. The van der Waals surface area contributed by atoms with Crippen molar-refractivity contribution in [2.45, 2.75) is 32.2 Å². The summed E-state index contributed by atoms with van der Waals surface area (Å²) in [7, 11) is 0. The van der Waals surface area contributed by atoms with Gasteiger partial charge in [-0.25, -0.2) is 4.79 Å². The molecule has 0 heterocycles. The number of carbonyl (C=O) groups is 3. The van der Waals surface area contributed by atoms with Crippen LogP contribution in [0.2, 0.25) is 5.02 Å². The Morgan fingerprint density at radius 2 is 1.92 bits per heavy atom. The second kappa shape index (κ2) is 10.5. The summed E-state index contributed by atoms with van der Waals surface area (Å²) in [6.45, 7) is 2.20. The SMILES string of the molecule is CCCCNC(=O)COC(=O)C[C@H](NC(N)=O)c1ccc(Cl)cc1. The summed E-state index contributed by atoms with van der Waals surface area (Å²) in [6, 6.07) is 5.20. The Labute approximate surface area is 145 Å². The minimum atomic E-state index is -0.764. The van der Waals surface area contributed by atoms with Gasteiger partial charge in [-0.15, -0.1) is 0 Å². The van der Waals surface area contributed by atoms with Crippen LogP contribution >= 0.6 is 11.6 Å². The van der Waals surface area contributed by atoms with E-state index in [9.17, 15) is 14.4 Å². The number of primary amides is 1. The molecule has 0 fully saturated rings. The predicted octanol–water partition coefficient (Wildman–Crippen LogP) is 1.90. The highest BCUT2D eigenvalue weighted by molar-refractivity contribution is 6.30. The van der Waals surface area contributed by atoms with E-state index >= 15 is 0 Å². The molecule has 1 aromatic rings. The van der Waals surface area contributed by atoms with Crippen LogP contribution in [0.5, 0.6) is 0 Å². The lowest BCUT2D eigenvalue weighted by atomic mass is 10.0. The molecule has 3 amide bonds. The zero-order valence-corrected chi connectivity index (χ0v) is 14.3. The number of benzene rings is 1. The summed E-state index contributed by atoms with van der Waals surface area (Å²) in [6.07, 6.45) is 1.68. The highest BCUT2D eigenvalue weighted by Crippen LogP contribution is 2.19. The molecule has 7 nitrogen and oxygen atoms in total. The average molecular weight is 356 g/mol. The van der Waals surface area contributed by atoms with Crippen molar-refractivity contribution in [2.75, 3.05) is 13.2 Å². The van der Waals surface area contributed by atoms with Gasteiger partial charge in [0.2, 0.25) is 0 Å². The van der Waals surface area contributed by atoms with Gasteiger partial charge in [0, 0.05) is 11.6 Å². The van der Waals surface area contributed by atoms with Crippen LogP contribution in [0, 0.1) is 0 Å². The molecular weight excluding hydrogens is 334 g/mol. The van der Waals surface area contributed by atoms with Crippen LogP contribution in [0.25, 0.3) is 0 Å². The minimum absolute atomic E-state index is 0.146. The minimum Gasteiger partial charge on any atom is -0.456 e. The fourth-order valence-corrected chi connectivity index (χ4v) is 2.07. The van der Waals surface area contributed by atoms with Crippen LogP contribution in [-0.2, 0) is 14.3 Å². The second-order valence-electron chi connectivity index (χ2n) is 5.18. The van der Waals surface area contributed by atoms with E-state index in [1.54, 1.807) is 24.3 Å². The predicted molar refractivity (Wildman–Crippen MR) is 90.4 cm³/mol. The molecule has 0 radical (unpaired) electrons. The summed E-state index contributed by atoms with van der Waals surface area (Å²) in [5, 5.41) is 5.64. The molecule has 0 saturated carbocycles. The summed E-state index contributed by atoms with van der Waals surface area (Å²) in [4.78, 5) is 34.5. The van der Waals surface area contributed by atoms with E-state index in [-0.39, 0.29) is 18.9 Å². The van der Waals surface area contributed by atoms with Gasteiger partial charge in [0.15, 0.2) is 6.61 Å². The van der Waals surface area contributed by atoms with Crippen LogP contribution in [-0.4, -0.2) is 31.1 Å². The number of hydrogen-bond donors (Lipinski definition) is 3. The van der Waals surface area contributed by atoms with Gasteiger partial charge in [0.1, 0.15) is 0 Å². The van der Waals surface area contributed by atoms with Crippen molar-refractivity contribution in [2.24, 2.45) is 5.73 Å². The first-order valence-corrected chi connectivity index (χ1v) is 8.04. The number of amides is 3. The summed E-state index contributed by atoms with van der Waals surface area (Å²) in [5.41, 5.74) is 5.79. The number of unbranched alkanes of at least 4 members (excludes halogenated alkanes) is 1. The normalized spacial score (nSPS) is 11.4. The fourth-order valence-electron chi connectivity index (χ4n) is 1.95. The Hall–Kier alpha value is -2.28. The molecule has 0 aliphatic carbocycles. The molecule has 1 rings (SSSR count). The Bertz CT molecular complexity index is 563. The van der Waals surface area contributed by atoms with E-state index in [1.807, 2.05) is 6.92 Å². The van der Waals surface area contributed by atoms with Crippen molar-refractivity contribution in [3.63, 3.8) is 0 Å². The van der Waals surface area contributed by atoms with Gasteiger partial charge in [0.25, 0.3) is 5.91 Å². The Balaban J connectivity index is 2.53. The number of hydrogen-bond acceptors (Lipinski definition) is 4. The molecule has 8 heteroatoms. The van der Waals surface area contributed by atoms with Crippen molar-refractivity contribution in [3.05, 3.63) is 34.9 Å². The molecular formula is C16H22ClN3O4. The molecule has 0 aliphatic heterocycles. The van der Waals surface area contributed by atoms with Crippen LogP contribution in [0.4, 0.5) is 4.79 Å². The number of urea groups is 1. The number of rotatable bonds is 9. The third-order valence-corrected chi connectivity index (χ3v) is 3.43. The molecule has 0 aromatic heterocycles. The lowest BCUT2D eigenvalue weighted by molar-refractivity contribution is -0.149. The largest absolute Gasteiger partial charge is 0.456 e. The lowest BCUT2D eigenvalue weighted by Crippen LogP contribution is -2.35. The van der Waals surface area contributed by atoms with E-state index in [0.29, 0.717) is 17.1 Å². The third-order valence-electron chi connectivity index (χ3n) is 3.18. The van der Waals surface area contributed by atoms with Crippen molar-refractivity contribution in [3.8, 4) is 0 Å². The maximum atomic E-state index is 11.9. The fraction of sp³-hybridized carbons (Fsp3) is 0.438. The van der Waals surface area contributed by atoms with Crippen molar-refractivity contribution >= 4 is 29.5 Å². The molecule has 0 aliphatic rings. The van der Waals surface area contributed by atoms with E-state index < -0.39 is 18.0 Å². The highest BCUT2D eigenvalue weighted by Gasteiger charge is 2.19. The monoisotopic (exact) mass is 355 g/mol. The van der Waals surface area contributed by atoms with Gasteiger partial charge in [-0.2, -0.15) is 0 Å². The number of nitrogens with two attached hydrogens (primary N) is 1. The number of carbonyl (C=O) groups excluding carboxylic acids is 3. The smallest absolute Gasteiger partial charge is 0.312 e. The molecule has 0 spiro atoms. The lowest BCUT2D eigenvalue weighted by Gasteiger charge is -2.17. The van der Waals surface area contributed by atoms with Gasteiger partial charge in [0.05, 0.1) is 12.5 Å². The van der Waals surface area contributed by atoms with E-state index in [1.165, 1.54) is 0 Å². The van der Waals surface area contributed by atoms with E-state index in [4.69, 9.17) is 22.1 Å². The van der Waals surface area contributed by atoms with Gasteiger partial charge in [-0.1, -0.05) is 37.1 Å². The zero-order valence-electron chi connectivity index (χ0n) is 13.5. The summed E-state index contributed by atoms with van der Waals surface area (Å²) >= 11 is 5.82. The van der Waals surface area contributed by atoms with Gasteiger partial charge in [-0.3, -0.25) is 9.59 Å². The first kappa shape index (κ1) is 19.8. The number of esters is 1. The molecule has 4 N–H and O–H groups in total. The Morgan fingerprint density at radius 1 is 1.25 bits per heavy atom. The molecule has 24 heavy (non-hydrogen) atoms. The van der Waals surface area contributed by atoms with Crippen molar-refractivity contribution < 1.29 is 19.1 Å². The van der Waals surface area contributed by atoms with Gasteiger partial charge in [-0.05, 0) is 24.1 Å². The molecule has 1 aromatic carbocycles. The topological polar surface area (TPSA) is 111 Å². The average Bonchev–Trinajstić information content (AvgIpc) is 2.53. The van der Waals surface area contributed by atoms with E-state index in [0.717, 1.165) is 12.8 Å². The Morgan fingerprint density at radius 3 is 2.50 bits per heavy atom. The van der Waals surface area contributed by atoms with Gasteiger partial charge < -0.3 is 21.1 Å². The first-order valence-electron chi connectivity index (χ1n) is 7.66. The van der Waals surface area contributed by atoms with Crippen LogP contribution in [0.1, 0.15) is 37.8 Å². The number of halogens is 1. The number of nitrogens with one attached hydrogen (secondary N) is 2. The van der Waals surface area contributed by atoms with Crippen LogP contribution in [0.3, 0.4) is 0 Å². The van der Waals surface area contributed by atoms with Crippen LogP contribution in [0.15, 0.2) is 24.3 Å². The first-order chi connectivity index (χ1) is 11.4. The Kier molecular flexibility index (Phi) is 8.64. The quantitative estimate of drug-likeness (QED) is 0.464. The zero-order chi connectivity index (χ0) is 17.9. The highest BCUT2D eigenvalue weighted by atomic mass is 35.5. The molecule has 0 bridgehead atoms. The maximum absolute atomic E-state index is 11.9. The number of ether oxygens (including phenoxy) is 1. The molecule has 0 saturated heterocycles. The molecule has 0 unspecified atom stereocenters. The van der Waals surface area contributed by atoms with Gasteiger partial charge >= 0.3 is 12.0 Å². The van der Waals surface area contributed by atoms with Crippen molar-refractivity contribution in [1.29, 1.82) is 0 Å². The van der Waals surface area contributed by atoms with Crippen molar-refractivity contribution in [1.82, 2.24) is 10.6 Å². The summed E-state index contributed by atoms with van der Waals surface area (Å²) < 4.78 is 4.92. The summed E-state index contributed by atoms with van der Waals surface area (Å²) in [5.74, 6) is -0.975.